The van der Waals surface area contributed by atoms with Gasteiger partial charge in [0.2, 0.25) is 0 Å². The lowest BCUT2D eigenvalue weighted by Gasteiger charge is -1.98. The fourth-order valence-corrected chi connectivity index (χ4v) is 2.18. The van der Waals surface area contributed by atoms with Crippen molar-refractivity contribution in [3.8, 4) is 0 Å². The first-order valence-corrected chi connectivity index (χ1v) is 5.13. The van der Waals surface area contributed by atoms with Crippen LogP contribution in [0.4, 0.5) is 0 Å². The highest BCUT2D eigenvalue weighted by Crippen LogP contribution is 2.53. The molecule has 1 aromatic carbocycles. The van der Waals surface area contributed by atoms with Gasteiger partial charge in [0.05, 0.1) is 0 Å². The van der Waals surface area contributed by atoms with Crippen LogP contribution in [-0.2, 0) is 0 Å². The molecule has 1 aromatic heterocycles. The van der Waals surface area contributed by atoms with Gasteiger partial charge in [-0.3, -0.25) is 0 Å². The largest absolute Gasteiger partial charge is 0.365 e. The molecule has 0 saturated heterocycles. The predicted molar refractivity (Wildman–Crippen MR) is 57.3 cm³/mol. The van der Waals surface area contributed by atoms with Gasteiger partial charge in [0.15, 0.2) is 0 Å². The zero-order chi connectivity index (χ0) is 9.38. The van der Waals surface area contributed by atoms with E-state index in [1.807, 2.05) is 6.20 Å². The Bertz CT molecular complexity index is 402. The molecule has 1 N–H and O–H groups in total. The van der Waals surface area contributed by atoms with Crippen molar-refractivity contribution < 1.29 is 0 Å². The van der Waals surface area contributed by atoms with Gasteiger partial charge in [0.1, 0.15) is 0 Å². The summed E-state index contributed by atoms with van der Waals surface area (Å²) >= 11 is 0. The number of H-pyrrole nitrogens is 1. The number of aromatic nitrogens is 1. The number of benzene rings is 1. The molecule has 3 rings (SSSR count). The minimum Gasteiger partial charge on any atom is -0.365 e. The normalized spacial score (nSPS) is 24.9. The standard InChI is InChI=1S/C13H13N/c1-2-5-10(6-3-1)11-9-12(11)13-7-4-8-14-13/h1-8,11-12,14H,9H2. The number of nitrogens with one attached hydrogen (secondary N) is 1. The van der Waals surface area contributed by atoms with E-state index in [0.717, 1.165) is 11.8 Å². The summed E-state index contributed by atoms with van der Waals surface area (Å²) in [4.78, 5) is 3.30. The van der Waals surface area contributed by atoms with E-state index < -0.39 is 0 Å². The number of hydrogen-bond donors (Lipinski definition) is 1. The number of hydrogen-bond acceptors (Lipinski definition) is 0. The summed E-state index contributed by atoms with van der Waals surface area (Å²) in [6.45, 7) is 0. The summed E-state index contributed by atoms with van der Waals surface area (Å²) in [5.41, 5.74) is 2.87. The van der Waals surface area contributed by atoms with Crippen molar-refractivity contribution >= 4 is 0 Å². The van der Waals surface area contributed by atoms with Gasteiger partial charge in [-0.05, 0) is 30.0 Å². The quantitative estimate of drug-likeness (QED) is 0.735. The van der Waals surface area contributed by atoms with E-state index >= 15 is 0 Å². The van der Waals surface area contributed by atoms with Crippen LogP contribution in [0.1, 0.15) is 29.5 Å². The van der Waals surface area contributed by atoms with E-state index in [-0.39, 0.29) is 0 Å². The minimum absolute atomic E-state index is 0.729. The summed E-state index contributed by atoms with van der Waals surface area (Å²) < 4.78 is 0. The molecule has 0 bridgehead atoms. The fourth-order valence-electron chi connectivity index (χ4n) is 2.18. The second kappa shape index (κ2) is 3.02. The van der Waals surface area contributed by atoms with Gasteiger partial charge in [-0.15, -0.1) is 0 Å². The maximum Gasteiger partial charge on any atom is 0.0185 e. The van der Waals surface area contributed by atoms with Crippen LogP contribution in [0.15, 0.2) is 48.7 Å². The van der Waals surface area contributed by atoms with Crippen LogP contribution in [0.3, 0.4) is 0 Å². The second-order valence-corrected chi connectivity index (χ2v) is 3.98. The number of aromatic amines is 1. The molecule has 0 amide bonds. The Labute approximate surface area is 83.8 Å². The van der Waals surface area contributed by atoms with Crippen LogP contribution < -0.4 is 0 Å². The van der Waals surface area contributed by atoms with Crippen LogP contribution >= 0.6 is 0 Å². The Balaban J connectivity index is 1.81. The van der Waals surface area contributed by atoms with Gasteiger partial charge in [0, 0.05) is 17.8 Å². The Morgan fingerprint density at radius 1 is 0.929 bits per heavy atom. The van der Waals surface area contributed by atoms with E-state index in [1.165, 1.54) is 17.7 Å². The Morgan fingerprint density at radius 3 is 2.50 bits per heavy atom. The summed E-state index contributed by atoms with van der Waals surface area (Å²) in [6, 6.07) is 15.1. The molecule has 1 saturated carbocycles. The van der Waals surface area contributed by atoms with Gasteiger partial charge in [-0.25, -0.2) is 0 Å². The van der Waals surface area contributed by atoms with Gasteiger partial charge < -0.3 is 4.98 Å². The average Bonchev–Trinajstić information content (AvgIpc) is 2.87. The molecule has 1 fully saturated rings. The van der Waals surface area contributed by atoms with E-state index in [2.05, 4.69) is 47.4 Å². The number of rotatable bonds is 2. The fraction of sp³-hybridized carbons (Fsp3) is 0.231. The Kier molecular flexibility index (Phi) is 1.69. The molecule has 0 radical (unpaired) electrons. The molecule has 70 valence electrons. The SMILES string of the molecule is c1ccc(C2CC2c2ccc[nH]2)cc1. The lowest BCUT2D eigenvalue weighted by Crippen LogP contribution is -1.83. The summed E-state index contributed by atoms with van der Waals surface area (Å²) in [5.74, 6) is 1.47. The molecule has 1 nitrogen and oxygen atoms in total. The van der Waals surface area contributed by atoms with Crippen molar-refractivity contribution in [3.63, 3.8) is 0 Å². The third kappa shape index (κ3) is 1.25. The predicted octanol–water partition coefficient (Wildman–Crippen LogP) is 3.29. The summed E-state index contributed by atoms with van der Waals surface area (Å²) in [7, 11) is 0. The lowest BCUT2D eigenvalue weighted by molar-refractivity contribution is 0.983. The summed E-state index contributed by atoms with van der Waals surface area (Å²) in [6.07, 6.45) is 3.31. The van der Waals surface area contributed by atoms with E-state index in [4.69, 9.17) is 0 Å². The van der Waals surface area contributed by atoms with Crippen molar-refractivity contribution in [2.75, 3.05) is 0 Å². The van der Waals surface area contributed by atoms with Crippen molar-refractivity contribution in [1.82, 2.24) is 4.98 Å². The molecule has 1 aliphatic carbocycles. The Morgan fingerprint density at radius 2 is 1.79 bits per heavy atom. The lowest BCUT2D eigenvalue weighted by atomic mass is 10.1. The molecule has 0 aliphatic heterocycles. The first-order chi connectivity index (χ1) is 6.95. The average molecular weight is 183 g/mol. The first-order valence-electron chi connectivity index (χ1n) is 5.13. The first kappa shape index (κ1) is 7.86. The zero-order valence-electron chi connectivity index (χ0n) is 7.98. The molecule has 2 aromatic rings. The maximum atomic E-state index is 3.30. The highest BCUT2D eigenvalue weighted by molar-refractivity contribution is 5.33. The molecular formula is C13H13N. The smallest absolute Gasteiger partial charge is 0.0185 e. The highest BCUT2D eigenvalue weighted by atomic mass is 14.7. The molecule has 1 aliphatic rings. The third-order valence-corrected chi connectivity index (χ3v) is 3.04. The molecular weight excluding hydrogens is 170 g/mol. The van der Waals surface area contributed by atoms with Crippen molar-refractivity contribution in [2.45, 2.75) is 18.3 Å². The van der Waals surface area contributed by atoms with Gasteiger partial charge in [0.25, 0.3) is 0 Å². The molecule has 2 unspecified atom stereocenters. The van der Waals surface area contributed by atoms with Crippen LogP contribution in [0.2, 0.25) is 0 Å². The van der Waals surface area contributed by atoms with Crippen LogP contribution in [0.25, 0.3) is 0 Å². The van der Waals surface area contributed by atoms with Gasteiger partial charge >= 0.3 is 0 Å². The van der Waals surface area contributed by atoms with Crippen LogP contribution in [0.5, 0.6) is 0 Å². The molecule has 1 heterocycles. The maximum absolute atomic E-state index is 3.30. The van der Waals surface area contributed by atoms with Crippen LogP contribution in [-0.4, -0.2) is 4.98 Å². The second-order valence-electron chi connectivity index (χ2n) is 3.98. The van der Waals surface area contributed by atoms with E-state index in [1.54, 1.807) is 0 Å². The van der Waals surface area contributed by atoms with Crippen molar-refractivity contribution in [2.24, 2.45) is 0 Å². The van der Waals surface area contributed by atoms with Gasteiger partial charge in [-0.2, -0.15) is 0 Å². The zero-order valence-corrected chi connectivity index (χ0v) is 7.98. The van der Waals surface area contributed by atoms with Crippen LogP contribution in [0, 0.1) is 0 Å². The van der Waals surface area contributed by atoms with Gasteiger partial charge in [-0.1, -0.05) is 30.3 Å². The van der Waals surface area contributed by atoms with E-state index in [9.17, 15) is 0 Å². The Hall–Kier alpha value is -1.50. The van der Waals surface area contributed by atoms with E-state index in [0.29, 0.717) is 0 Å². The summed E-state index contributed by atoms with van der Waals surface area (Å²) in [5, 5.41) is 0. The molecule has 2 atom stereocenters. The molecule has 0 spiro atoms. The highest BCUT2D eigenvalue weighted by Gasteiger charge is 2.39. The minimum atomic E-state index is 0.729. The van der Waals surface area contributed by atoms with Crippen molar-refractivity contribution in [1.29, 1.82) is 0 Å². The third-order valence-electron chi connectivity index (χ3n) is 3.04. The topological polar surface area (TPSA) is 15.8 Å². The molecule has 14 heavy (non-hydrogen) atoms. The van der Waals surface area contributed by atoms with Crippen molar-refractivity contribution in [3.05, 3.63) is 59.9 Å². The molecule has 1 heteroatoms. The monoisotopic (exact) mass is 183 g/mol.